The number of aromatic nitrogens is 2. The molecule has 1 heterocycles. The number of benzene rings is 1. The summed E-state index contributed by atoms with van der Waals surface area (Å²) in [5, 5.41) is 2.69. The minimum absolute atomic E-state index is 0.123. The van der Waals surface area contributed by atoms with Crippen LogP contribution in [0.15, 0.2) is 30.5 Å². The van der Waals surface area contributed by atoms with Crippen LogP contribution >= 0.6 is 0 Å². The highest BCUT2D eigenvalue weighted by molar-refractivity contribution is 5.86. The Labute approximate surface area is 133 Å². The molecule has 0 saturated carbocycles. The number of nitrogens with zero attached hydrogens (tertiary/aromatic N) is 2. The van der Waals surface area contributed by atoms with Crippen LogP contribution in [0.25, 0.3) is 0 Å². The first-order valence-corrected chi connectivity index (χ1v) is 7.05. The summed E-state index contributed by atoms with van der Waals surface area (Å²) < 4.78 is 19.3. The monoisotopic (exact) mass is 318 g/mol. The van der Waals surface area contributed by atoms with Crippen LogP contribution in [-0.4, -0.2) is 23.0 Å². The van der Waals surface area contributed by atoms with Gasteiger partial charge in [0, 0.05) is 31.0 Å². The molecule has 6 nitrogen and oxygen atoms in total. The second kappa shape index (κ2) is 6.70. The third-order valence-corrected chi connectivity index (χ3v) is 3.69. The van der Waals surface area contributed by atoms with E-state index < -0.39 is 17.3 Å². The molecule has 1 atom stereocenters. The van der Waals surface area contributed by atoms with Crippen molar-refractivity contribution in [3.63, 3.8) is 0 Å². The molecule has 0 fully saturated rings. The minimum Gasteiger partial charge on any atom is -0.383 e. The number of amides is 1. The molecule has 23 heavy (non-hydrogen) atoms. The number of rotatable bonds is 5. The average Bonchev–Trinajstić information content (AvgIpc) is 2.53. The van der Waals surface area contributed by atoms with E-state index in [2.05, 4.69) is 15.3 Å². The van der Waals surface area contributed by atoms with E-state index in [1.807, 2.05) is 0 Å². The zero-order chi connectivity index (χ0) is 17.0. The van der Waals surface area contributed by atoms with Crippen LogP contribution in [0.5, 0.6) is 0 Å². The number of anilines is 1. The number of ether oxygens (including phenoxy) is 1. The number of hydrogen-bond acceptors (Lipinski definition) is 5. The minimum atomic E-state index is -1.45. The maximum atomic E-state index is 14.0. The Morgan fingerprint density at radius 1 is 1.43 bits per heavy atom. The van der Waals surface area contributed by atoms with Crippen LogP contribution < -0.4 is 11.1 Å². The first kappa shape index (κ1) is 16.8. The third kappa shape index (κ3) is 3.45. The molecule has 0 aliphatic heterocycles. The number of halogens is 1. The summed E-state index contributed by atoms with van der Waals surface area (Å²) in [5.74, 6) is -0.149. The normalized spacial score (nSPS) is 13.4. The van der Waals surface area contributed by atoms with Gasteiger partial charge in [-0.2, -0.15) is 0 Å². The number of nitrogens with one attached hydrogen (secondary N) is 1. The molecule has 0 spiro atoms. The second-order valence-electron chi connectivity index (χ2n) is 5.23. The van der Waals surface area contributed by atoms with E-state index in [-0.39, 0.29) is 12.1 Å². The van der Waals surface area contributed by atoms with Crippen LogP contribution in [0, 0.1) is 12.7 Å². The molecular weight excluding hydrogens is 299 g/mol. The van der Waals surface area contributed by atoms with Gasteiger partial charge in [0.15, 0.2) is 5.60 Å². The maximum absolute atomic E-state index is 14.0. The van der Waals surface area contributed by atoms with Gasteiger partial charge in [-0.25, -0.2) is 14.4 Å². The summed E-state index contributed by atoms with van der Waals surface area (Å²) in [7, 11) is 1.36. The Morgan fingerprint density at radius 2 is 2.13 bits per heavy atom. The molecule has 1 aromatic carbocycles. The molecule has 7 heteroatoms. The zero-order valence-electron chi connectivity index (χ0n) is 13.3. The van der Waals surface area contributed by atoms with Gasteiger partial charge in [-0.1, -0.05) is 18.2 Å². The van der Waals surface area contributed by atoms with Gasteiger partial charge in [0.25, 0.3) is 5.91 Å². The van der Waals surface area contributed by atoms with Crippen LogP contribution in [-0.2, 0) is 21.7 Å². The van der Waals surface area contributed by atoms with Crippen molar-refractivity contribution >= 4 is 11.7 Å². The molecule has 1 aromatic heterocycles. The summed E-state index contributed by atoms with van der Waals surface area (Å²) in [6.07, 6.45) is 1.55. The Hall–Kier alpha value is -2.54. The lowest BCUT2D eigenvalue weighted by atomic mass is 9.94. The molecule has 0 saturated heterocycles. The maximum Gasteiger partial charge on any atom is 0.256 e. The van der Waals surface area contributed by atoms with Crippen molar-refractivity contribution in [3.05, 3.63) is 53.2 Å². The summed E-state index contributed by atoms with van der Waals surface area (Å²) in [6, 6.07) is 6.00. The van der Waals surface area contributed by atoms with Gasteiger partial charge in [0.1, 0.15) is 17.5 Å². The van der Waals surface area contributed by atoms with Crippen molar-refractivity contribution in [1.82, 2.24) is 15.3 Å². The lowest BCUT2D eigenvalue weighted by Gasteiger charge is -2.27. The molecule has 0 radical (unpaired) electrons. The molecule has 0 aliphatic rings. The number of aryl methyl sites for hydroxylation is 1. The number of carbonyl (C=O) groups excluding carboxylic acids is 1. The third-order valence-electron chi connectivity index (χ3n) is 3.69. The van der Waals surface area contributed by atoms with Crippen LogP contribution in [0.1, 0.15) is 23.9 Å². The van der Waals surface area contributed by atoms with E-state index in [0.29, 0.717) is 17.2 Å². The summed E-state index contributed by atoms with van der Waals surface area (Å²) >= 11 is 0. The number of nitrogen functional groups attached to an aromatic ring is 1. The fourth-order valence-electron chi connectivity index (χ4n) is 2.17. The predicted molar refractivity (Wildman–Crippen MR) is 83.8 cm³/mol. The van der Waals surface area contributed by atoms with E-state index >= 15 is 0 Å². The molecule has 1 unspecified atom stereocenters. The van der Waals surface area contributed by atoms with E-state index in [9.17, 15) is 9.18 Å². The number of hydrogen-bond donors (Lipinski definition) is 2. The lowest BCUT2D eigenvalue weighted by molar-refractivity contribution is -0.143. The fourth-order valence-corrected chi connectivity index (χ4v) is 2.17. The fraction of sp³-hybridized carbons (Fsp3) is 0.312. The highest BCUT2D eigenvalue weighted by Gasteiger charge is 2.37. The van der Waals surface area contributed by atoms with E-state index in [1.165, 1.54) is 26.2 Å². The molecule has 2 rings (SSSR count). The van der Waals surface area contributed by atoms with Gasteiger partial charge in [-0.3, -0.25) is 4.79 Å². The van der Waals surface area contributed by atoms with Gasteiger partial charge in [-0.15, -0.1) is 0 Å². The number of carbonyl (C=O) groups is 1. The average molecular weight is 318 g/mol. The first-order valence-electron chi connectivity index (χ1n) is 7.05. The van der Waals surface area contributed by atoms with Crippen molar-refractivity contribution in [2.24, 2.45) is 0 Å². The quantitative estimate of drug-likeness (QED) is 0.875. The molecule has 0 bridgehead atoms. The van der Waals surface area contributed by atoms with Gasteiger partial charge < -0.3 is 15.8 Å². The number of methoxy groups -OCH3 is 1. The van der Waals surface area contributed by atoms with Crippen LogP contribution in [0.2, 0.25) is 0 Å². The molecule has 2 aromatic rings. The Balaban J connectivity index is 2.19. The Kier molecular flexibility index (Phi) is 4.90. The van der Waals surface area contributed by atoms with Crippen molar-refractivity contribution in [3.8, 4) is 0 Å². The summed E-state index contributed by atoms with van der Waals surface area (Å²) in [6.45, 7) is 3.35. The highest BCUT2D eigenvalue weighted by atomic mass is 19.1. The SMILES string of the molecule is COC(C)(C(=O)NCc1cnc(C)nc1N)c1ccccc1F. The standard InChI is InChI=1S/C16H19FN4O2/c1-10-19-8-11(14(18)21-10)9-20-15(22)16(2,23-3)12-6-4-5-7-13(12)17/h4-8H,9H2,1-3H3,(H,20,22)(H2,18,19,21). The van der Waals surface area contributed by atoms with Gasteiger partial charge >= 0.3 is 0 Å². The van der Waals surface area contributed by atoms with Gasteiger partial charge in [0.2, 0.25) is 0 Å². The Morgan fingerprint density at radius 3 is 2.74 bits per heavy atom. The largest absolute Gasteiger partial charge is 0.383 e. The van der Waals surface area contributed by atoms with Crippen LogP contribution in [0.4, 0.5) is 10.2 Å². The highest BCUT2D eigenvalue weighted by Crippen LogP contribution is 2.27. The van der Waals surface area contributed by atoms with Crippen LogP contribution in [0.3, 0.4) is 0 Å². The lowest BCUT2D eigenvalue weighted by Crippen LogP contribution is -2.44. The van der Waals surface area contributed by atoms with Gasteiger partial charge in [-0.05, 0) is 19.9 Å². The smallest absolute Gasteiger partial charge is 0.256 e. The van der Waals surface area contributed by atoms with E-state index in [1.54, 1.807) is 25.3 Å². The Bertz CT molecular complexity index is 723. The zero-order valence-corrected chi connectivity index (χ0v) is 13.3. The number of nitrogens with two attached hydrogens (primary N) is 1. The van der Waals surface area contributed by atoms with Crippen molar-refractivity contribution in [2.45, 2.75) is 26.0 Å². The van der Waals surface area contributed by atoms with E-state index in [4.69, 9.17) is 10.5 Å². The van der Waals surface area contributed by atoms with Crippen molar-refractivity contribution < 1.29 is 13.9 Å². The van der Waals surface area contributed by atoms with Crippen molar-refractivity contribution in [1.29, 1.82) is 0 Å². The molecule has 0 aliphatic carbocycles. The molecule has 122 valence electrons. The van der Waals surface area contributed by atoms with Gasteiger partial charge in [0.05, 0.1) is 0 Å². The molecular formula is C16H19FN4O2. The predicted octanol–water partition coefficient (Wildman–Crippen LogP) is 1.68. The topological polar surface area (TPSA) is 90.1 Å². The second-order valence-corrected chi connectivity index (χ2v) is 5.23. The van der Waals surface area contributed by atoms with Crippen molar-refractivity contribution in [2.75, 3.05) is 12.8 Å². The molecule has 1 amide bonds. The summed E-state index contributed by atoms with van der Waals surface area (Å²) in [5.41, 5.74) is 5.08. The van der Waals surface area contributed by atoms with E-state index in [0.717, 1.165) is 0 Å². The first-order chi connectivity index (χ1) is 10.9. The summed E-state index contributed by atoms with van der Waals surface area (Å²) in [4.78, 5) is 20.6. The molecule has 3 N–H and O–H groups in total.